The van der Waals surface area contributed by atoms with Gasteiger partial charge in [0.2, 0.25) is 0 Å². The summed E-state index contributed by atoms with van der Waals surface area (Å²) in [5.41, 5.74) is 1.28. The first-order valence-electron chi connectivity index (χ1n) is 10.7. The van der Waals surface area contributed by atoms with Crippen LogP contribution in [0, 0.1) is 5.92 Å². The Labute approximate surface area is 189 Å². The van der Waals surface area contributed by atoms with Crippen LogP contribution >= 0.6 is 12.2 Å². The molecular weight excluding hydrogens is 412 g/mol. The standard InChI is InChI=1S/C24H30N2O4S/c1-17(2)13-15-29-20-9-5-18(6-10-20)23(27)26-24(31)25-19-7-11-21(12-8-19)30-16-22-4-3-14-28-22/h5-12,17,22H,3-4,13-16H2,1-2H3,(H2,25,26,27,31). The maximum Gasteiger partial charge on any atom is 0.257 e. The van der Waals surface area contributed by atoms with Gasteiger partial charge in [-0.3, -0.25) is 10.1 Å². The van der Waals surface area contributed by atoms with Crippen molar-refractivity contribution in [3.05, 3.63) is 54.1 Å². The van der Waals surface area contributed by atoms with E-state index in [-0.39, 0.29) is 17.1 Å². The van der Waals surface area contributed by atoms with Crippen molar-refractivity contribution in [3.8, 4) is 11.5 Å². The number of nitrogens with one attached hydrogen (secondary N) is 2. The summed E-state index contributed by atoms with van der Waals surface area (Å²) in [5.74, 6) is 1.84. The van der Waals surface area contributed by atoms with E-state index in [0.29, 0.717) is 24.7 Å². The van der Waals surface area contributed by atoms with Gasteiger partial charge >= 0.3 is 0 Å². The van der Waals surface area contributed by atoms with E-state index >= 15 is 0 Å². The number of carbonyl (C=O) groups excluding carboxylic acids is 1. The smallest absolute Gasteiger partial charge is 0.257 e. The number of ether oxygens (including phenoxy) is 3. The predicted molar refractivity (Wildman–Crippen MR) is 126 cm³/mol. The molecule has 2 N–H and O–H groups in total. The molecule has 0 aliphatic carbocycles. The lowest BCUT2D eigenvalue weighted by molar-refractivity contribution is 0.0679. The second-order valence-electron chi connectivity index (χ2n) is 7.93. The van der Waals surface area contributed by atoms with Crippen molar-refractivity contribution in [2.75, 3.05) is 25.1 Å². The van der Waals surface area contributed by atoms with Gasteiger partial charge in [-0.2, -0.15) is 0 Å². The summed E-state index contributed by atoms with van der Waals surface area (Å²) < 4.78 is 17.0. The Hall–Kier alpha value is -2.64. The molecule has 0 spiro atoms. The molecule has 1 aliphatic rings. The minimum Gasteiger partial charge on any atom is -0.494 e. The number of anilines is 1. The molecule has 1 unspecified atom stereocenters. The fraction of sp³-hybridized carbons (Fsp3) is 0.417. The molecular formula is C24H30N2O4S. The van der Waals surface area contributed by atoms with Gasteiger partial charge in [-0.05, 0) is 85.9 Å². The highest BCUT2D eigenvalue weighted by molar-refractivity contribution is 7.80. The van der Waals surface area contributed by atoms with Crippen LogP contribution in [0.25, 0.3) is 0 Å². The molecule has 0 saturated carbocycles. The Morgan fingerprint density at radius 3 is 2.42 bits per heavy atom. The van der Waals surface area contributed by atoms with Crippen LogP contribution in [0.1, 0.15) is 43.5 Å². The minimum atomic E-state index is -0.275. The zero-order valence-corrected chi connectivity index (χ0v) is 18.9. The molecule has 2 aromatic carbocycles. The molecule has 166 valence electrons. The van der Waals surface area contributed by atoms with Gasteiger partial charge < -0.3 is 19.5 Å². The fourth-order valence-corrected chi connectivity index (χ4v) is 3.26. The van der Waals surface area contributed by atoms with Crippen molar-refractivity contribution in [2.45, 2.75) is 39.2 Å². The topological polar surface area (TPSA) is 68.8 Å². The molecule has 6 nitrogen and oxygen atoms in total. The quantitative estimate of drug-likeness (QED) is 0.544. The van der Waals surface area contributed by atoms with Gasteiger partial charge in [0.05, 0.1) is 12.7 Å². The third-order valence-electron chi connectivity index (χ3n) is 4.88. The van der Waals surface area contributed by atoms with Crippen LogP contribution in [0.5, 0.6) is 11.5 Å². The highest BCUT2D eigenvalue weighted by Crippen LogP contribution is 2.19. The Morgan fingerprint density at radius 2 is 1.77 bits per heavy atom. The molecule has 0 radical (unpaired) electrons. The first kappa shape index (κ1) is 23.0. The van der Waals surface area contributed by atoms with Crippen LogP contribution in [0.2, 0.25) is 0 Å². The first-order chi connectivity index (χ1) is 15.0. The van der Waals surface area contributed by atoms with E-state index in [1.54, 1.807) is 24.3 Å². The second-order valence-corrected chi connectivity index (χ2v) is 8.34. The van der Waals surface area contributed by atoms with Crippen molar-refractivity contribution < 1.29 is 19.0 Å². The summed E-state index contributed by atoms with van der Waals surface area (Å²) >= 11 is 5.26. The van der Waals surface area contributed by atoms with Crippen LogP contribution in [0.4, 0.5) is 5.69 Å². The third kappa shape index (κ3) is 7.84. The fourth-order valence-electron chi connectivity index (χ4n) is 3.05. The van der Waals surface area contributed by atoms with Crippen molar-refractivity contribution in [1.82, 2.24) is 5.32 Å². The highest BCUT2D eigenvalue weighted by atomic mass is 32.1. The second kappa shape index (κ2) is 11.7. The van der Waals surface area contributed by atoms with Crippen molar-refractivity contribution >= 4 is 28.9 Å². The summed E-state index contributed by atoms with van der Waals surface area (Å²) in [6, 6.07) is 14.5. The van der Waals surface area contributed by atoms with Crippen LogP contribution in [-0.2, 0) is 4.74 Å². The lowest BCUT2D eigenvalue weighted by atomic mass is 10.1. The molecule has 31 heavy (non-hydrogen) atoms. The van der Waals surface area contributed by atoms with Crippen molar-refractivity contribution in [3.63, 3.8) is 0 Å². The summed E-state index contributed by atoms with van der Waals surface area (Å²) in [4.78, 5) is 12.4. The van der Waals surface area contributed by atoms with Gasteiger partial charge in [0.25, 0.3) is 5.91 Å². The SMILES string of the molecule is CC(C)CCOc1ccc(C(=O)NC(=S)Nc2ccc(OCC3CCCO3)cc2)cc1. The first-order valence-corrected chi connectivity index (χ1v) is 11.1. The molecule has 1 fully saturated rings. The molecule has 0 bridgehead atoms. The van der Waals surface area contributed by atoms with E-state index in [0.717, 1.165) is 43.1 Å². The van der Waals surface area contributed by atoms with Gasteiger partial charge in [0.15, 0.2) is 5.11 Å². The lowest BCUT2D eigenvalue weighted by Gasteiger charge is -2.13. The minimum absolute atomic E-state index is 0.182. The van der Waals surface area contributed by atoms with E-state index in [9.17, 15) is 4.79 Å². The highest BCUT2D eigenvalue weighted by Gasteiger charge is 2.16. The van der Waals surface area contributed by atoms with E-state index in [1.165, 1.54) is 0 Å². The zero-order valence-electron chi connectivity index (χ0n) is 18.1. The van der Waals surface area contributed by atoms with Gasteiger partial charge in [-0.1, -0.05) is 13.8 Å². The average Bonchev–Trinajstić information content (AvgIpc) is 3.27. The summed E-state index contributed by atoms with van der Waals surface area (Å²) in [7, 11) is 0. The van der Waals surface area contributed by atoms with E-state index < -0.39 is 0 Å². The molecule has 1 saturated heterocycles. The van der Waals surface area contributed by atoms with Crippen LogP contribution in [0.15, 0.2) is 48.5 Å². The largest absolute Gasteiger partial charge is 0.494 e. The lowest BCUT2D eigenvalue weighted by Crippen LogP contribution is -2.34. The number of benzene rings is 2. The Bertz CT molecular complexity index is 847. The molecule has 1 atom stereocenters. The van der Waals surface area contributed by atoms with Gasteiger partial charge in [-0.25, -0.2) is 0 Å². The maximum atomic E-state index is 12.4. The molecule has 1 amide bonds. The van der Waals surface area contributed by atoms with Crippen molar-refractivity contribution in [2.24, 2.45) is 5.92 Å². The Kier molecular flexibility index (Phi) is 8.67. The van der Waals surface area contributed by atoms with Crippen molar-refractivity contribution in [1.29, 1.82) is 0 Å². The van der Waals surface area contributed by atoms with Gasteiger partial charge in [0, 0.05) is 17.9 Å². The summed E-state index contributed by atoms with van der Waals surface area (Å²) in [6.45, 7) is 6.35. The molecule has 2 aromatic rings. The number of thiocarbonyl (C=S) groups is 1. The normalized spacial score (nSPS) is 15.5. The number of carbonyl (C=O) groups is 1. The third-order valence-corrected chi connectivity index (χ3v) is 5.08. The van der Waals surface area contributed by atoms with Crippen LogP contribution < -0.4 is 20.1 Å². The number of amides is 1. The molecule has 7 heteroatoms. The zero-order chi connectivity index (χ0) is 22.1. The van der Waals surface area contributed by atoms with E-state index in [4.69, 9.17) is 26.4 Å². The average molecular weight is 443 g/mol. The maximum absolute atomic E-state index is 12.4. The summed E-state index contributed by atoms with van der Waals surface area (Å²) in [6.07, 6.45) is 3.31. The predicted octanol–water partition coefficient (Wildman–Crippen LogP) is 4.80. The van der Waals surface area contributed by atoms with E-state index in [1.807, 2.05) is 24.3 Å². The monoisotopic (exact) mass is 442 g/mol. The van der Waals surface area contributed by atoms with Crippen LogP contribution in [-0.4, -0.2) is 36.9 Å². The van der Waals surface area contributed by atoms with E-state index in [2.05, 4.69) is 24.5 Å². The van der Waals surface area contributed by atoms with Crippen LogP contribution in [0.3, 0.4) is 0 Å². The Balaban J connectivity index is 1.42. The van der Waals surface area contributed by atoms with Gasteiger partial charge in [0.1, 0.15) is 18.1 Å². The molecule has 0 aromatic heterocycles. The van der Waals surface area contributed by atoms with Gasteiger partial charge in [-0.15, -0.1) is 0 Å². The Morgan fingerprint density at radius 1 is 1.10 bits per heavy atom. The summed E-state index contributed by atoms with van der Waals surface area (Å²) in [5, 5.41) is 5.94. The number of hydrogen-bond donors (Lipinski definition) is 2. The molecule has 3 rings (SSSR count). The molecule has 1 aliphatic heterocycles. The number of rotatable bonds is 9. The molecule has 1 heterocycles. The number of hydrogen-bond acceptors (Lipinski definition) is 5.